The molecular weight excluding hydrogens is 214 g/mol. The molecule has 1 aromatic carbocycles. The number of hydrogen-bond acceptors (Lipinski definition) is 2. The molecule has 0 saturated carbocycles. The molecule has 80 valence electrons. The molecule has 0 spiro atoms. The van der Waals surface area contributed by atoms with Crippen molar-refractivity contribution in [1.82, 2.24) is 0 Å². The molecule has 0 atom stereocenters. The maximum absolute atomic E-state index is 8.81. The fourth-order valence-electron chi connectivity index (χ4n) is 0.938. The van der Waals surface area contributed by atoms with E-state index in [4.69, 9.17) is 8.42 Å². The Kier molecular flexibility index (Phi) is 5.67. The van der Waals surface area contributed by atoms with Gasteiger partial charge in [-0.05, 0) is 0 Å². The molecule has 0 heterocycles. The van der Waals surface area contributed by atoms with Gasteiger partial charge in [0.2, 0.25) is 0 Å². The van der Waals surface area contributed by atoms with E-state index in [1.54, 1.807) is 0 Å². The average molecular weight is 231 g/mol. The Morgan fingerprint density at radius 1 is 1.07 bits per heavy atom. The number of rotatable bonds is 1. The van der Waals surface area contributed by atoms with Crippen molar-refractivity contribution in [3.8, 4) is 0 Å². The standard InChI is InChI=1S/C9H14Si.H3NO2S/c1-10(2,3)9-7-5-4-6-8-9;1-4(2)3/h4-8H,1-3H3;4H,(H2,1,2,3). The number of thiol groups is 1. The van der Waals surface area contributed by atoms with Gasteiger partial charge in [0.25, 0.3) is 0 Å². The Hall–Kier alpha value is -0.653. The Morgan fingerprint density at radius 3 is 1.64 bits per heavy atom. The van der Waals surface area contributed by atoms with Crippen molar-refractivity contribution >= 4 is 24.2 Å². The second-order valence-electron chi connectivity index (χ2n) is 3.90. The average Bonchev–Trinajstić information content (AvgIpc) is 2.03. The molecule has 0 radical (unpaired) electrons. The maximum atomic E-state index is 8.81. The summed E-state index contributed by atoms with van der Waals surface area (Å²) in [6.45, 7) is 7.09. The molecule has 0 amide bonds. The molecule has 1 aromatic rings. The summed E-state index contributed by atoms with van der Waals surface area (Å²) >= 11 is 0. The van der Waals surface area contributed by atoms with Gasteiger partial charge in [-0.1, -0.05) is 55.2 Å². The third kappa shape index (κ3) is 6.82. The van der Waals surface area contributed by atoms with Crippen LogP contribution >= 0.6 is 0 Å². The Morgan fingerprint density at radius 2 is 1.43 bits per heavy atom. The van der Waals surface area contributed by atoms with Crippen LogP contribution in [0.1, 0.15) is 0 Å². The highest BCUT2D eigenvalue weighted by atomic mass is 32.2. The molecule has 0 bridgehead atoms. The summed E-state index contributed by atoms with van der Waals surface area (Å²) in [6.07, 6.45) is 0. The first kappa shape index (κ1) is 13.3. The first-order valence-electron chi connectivity index (χ1n) is 4.28. The van der Waals surface area contributed by atoms with E-state index in [1.165, 1.54) is 5.19 Å². The van der Waals surface area contributed by atoms with E-state index in [9.17, 15) is 0 Å². The van der Waals surface area contributed by atoms with E-state index in [-0.39, 0.29) is 0 Å². The molecule has 0 aromatic heterocycles. The number of nitrogens with two attached hydrogens (primary N) is 1. The molecule has 0 saturated heterocycles. The molecule has 0 fully saturated rings. The summed E-state index contributed by atoms with van der Waals surface area (Å²) < 4.78 is 17.6. The summed E-state index contributed by atoms with van der Waals surface area (Å²) in [6, 6.07) is 10.8. The van der Waals surface area contributed by atoms with Crippen LogP contribution in [0.4, 0.5) is 0 Å². The Labute approximate surface area is 88.0 Å². The van der Waals surface area contributed by atoms with Gasteiger partial charge in [-0.3, -0.25) is 0 Å². The van der Waals surface area contributed by atoms with E-state index in [2.05, 4.69) is 55.1 Å². The van der Waals surface area contributed by atoms with E-state index in [0.717, 1.165) is 0 Å². The first-order valence-corrected chi connectivity index (χ1v) is 9.03. The summed E-state index contributed by atoms with van der Waals surface area (Å²) in [5, 5.41) is 5.60. The van der Waals surface area contributed by atoms with Crippen molar-refractivity contribution in [2.75, 3.05) is 0 Å². The minimum absolute atomic E-state index is 1.03. The second-order valence-corrected chi connectivity index (χ2v) is 9.55. The van der Waals surface area contributed by atoms with E-state index < -0.39 is 19.0 Å². The lowest BCUT2D eigenvalue weighted by Crippen LogP contribution is -2.37. The van der Waals surface area contributed by atoms with Crippen LogP contribution in [0.15, 0.2) is 30.3 Å². The highest BCUT2D eigenvalue weighted by molar-refractivity contribution is 7.69. The van der Waals surface area contributed by atoms with Crippen LogP contribution in [0, 0.1) is 0 Å². The van der Waals surface area contributed by atoms with Gasteiger partial charge in [0.15, 0.2) is 10.9 Å². The van der Waals surface area contributed by atoms with Crippen LogP contribution in [0.3, 0.4) is 0 Å². The van der Waals surface area contributed by atoms with Crippen molar-refractivity contribution in [3.63, 3.8) is 0 Å². The van der Waals surface area contributed by atoms with E-state index >= 15 is 0 Å². The lowest BCUT2D eigenvalue weighted by molar-refractivity contribution is 0.616. The SMILES string of the molecule is C[Si](C)(C)c1ccccc1.N[SH](=O)=O. The van der Waals surface area contributed by atoms with Gasteiger partial charge in [-0.15, -0.1) is 0 Å². The second kappa shape index (κ2) is 5.95. The fourth-order valence-corrected chi connectivity index (χ4v) is 2.13. The van der Waals surface area contributed by atoms with Gasteiger partial charge in [0.1, 0.15) is 0 Å². The van der Waals surface area contributed by atoms with Crippen molar-refractivity contribution < 1.29 is 8.42 Å². The zero-order chi connectivity index (χ0) is 11.2. The van der Waals surface area contributed by atoms with Gasteiger partial charge in [0, 0.05) is 0 Å². The van der Waals surface area contributed by atoms with E-state index in [1.807, 2.05) is 0 Å². The summed E-state index contributed by atoms with van der Waals surface area (Å²) in [5.41, 5.74) is 0. The molecule has 5 heteroatoms. The topological polar surface area (TPSA) is 60.2 Å². The molecule has 0 aliphatic heterocycles. The van der Waals surface area contributed by atoms with Crippen LogP contribution < -0.4 is 10.3 Å². The van der Waals surface area contributed by atoms with Gasteiger partial charge < -0.3 is 0 Å². The lowest BCUT2D eigenvalue weighted by Gasteiger charge is -2.15. The molecule has 14 heavy (non-hydrogen) atoms. The molecular formula is C9H17NO2SSi. The van der Waals surface area contributed by atoms with Crippen LogP contribution in [0.25, 0.3) is 0 Å². The van der Waals surface area contributed by atoms with Crippen molar-refractivity contribution in [1.29, 1.82) is 0 Å². The number of hydrogen-bond donors (Lipinski definition) is 2. The molecule has 0 unspecified atom stereocenters. The molecule has 0 aliphatic rings. The predicted octanol–water partition coefficient (Wildman–Crippen LogP) is 0.703. The lowest BCUT2D eigenvalue weighted by atomic mass is 10.4. The van der Waals surface area contributed by atoms with Crippen LogP contribution in [-0.4, -0.2) is 16.5 Å². The highest BCUT2D eigenvalue weighted by Gasteiger charge is 2.14. The molecule has 0 aliphatic carbocycles. The third-order valence-electron chi connectivity index (χ3n) is 1.64. The predicted molar refractivity (Wildman–Crippen MR) is 63.9 cm³/mol. The Bertz CT molecular complexity index is 322. The first-order chi connectivity index (χ1) is 6.34. The van der Waals surface area contributed by atoms with E-state index in [0.29, 0.717) is 0 Å². The summed E-state index contributed by atoms with van der Waals surface area (Å²) in [7, 11) is -3.65. The number of benzene rings is 1. The van der Waals surface area contributed by atoms with Crippen molar-refractivity contribution in [2.45, 2.75) is 19.6 Å². The van der Waals surface area contributed by atoms with Crippen molar-refractivity contribution in [2.24, 2.45) is 5.14 Å². The van der Waals surface area contributed by atoms with Gasteiger partial charge >= 0.3 is 0 Å². The van der Waals surface area contributed by atoms with Gasteiger partial charge in [-0.2, -0.15) is 0 Å². The van der Waals surface area contributed by atoms with Gasteiger partial charge in [-0.25, -0.2) is 13.6 Å². The van der Waals surface area contributed by atoms with Crippen LogP contribution in [0.5, 0.6) is 0 Å². The molecule has 2 N–H and O–H groups in total. The minimum atomic E-state index is -2.62. The van der Waals surface area contributed by atoms with Crippen LogP contribution in [-0.2, 0) is 10.9 Å². The summed E-state index contributed by atoms with van der Waals surface area (Å²) in [4.78, 5) is 0. The zero-order valence-electron chi connectivity index (χ0n) is 8.73. The maximum Gasteiger partial charge on any atom is 0.198 e. The minimum Gasteiger partial charge on any atom is -0.231 e. The third-order valence-corrected chi connectivity index (χ3v) is 3.71. The fraction of sp³-hybridized carbons (Fsp3) is 0.333. The molecule has 3 nitrogen and oxygen atoms in total. The zero-order valence-corrected chi connectivity index (χ0v) is 10.6. The monoisotopic (exact) mass is 231 g/mol. The van der Waals surface area contributed by atoms with Gasteiger partial charge in [0.05, 0.1) is 8.07 Å². The largest absolute Gasteiger partial charge is 0.231 e. The quantitative estimate of drug-likeness (QED) is 0.552. The normalized spacial score (nSPS) is 10.6. The smallest absolute Gasteiger partial charge is 0.198 e. The molecule has 1 rings (SSSR count). The van der Waals surface area contributed by atoms with Crippen LogP contribution in [0.2, 0.25) is 19.6 Å². The van der Waals surface area contributed by atoms with Crippen molar-refractivity contribution in [3.05, 3.63) is 30.3 Å². The highest BCUT2D eigenvalue weighted by Crippen LogP contribution is 2.00. The summed E-state index contributed by atoms with van der Waals surface area (Å²) in [5.74, 6) is 0. The Balaban J connectivity index is 0.000000364.